The van der Waals surface area contributed by atoms with Gasteiger partial charge in [-0.15, -0.1) is 12.4 Å². The van der Waals surface area contributed by atoms with Gasteiger partial charge in [-0.1, -0.05) is 11.6 Å². The Hall–Kier alpha value is -3.02. The van der Waals surface area contributed by atoms with E-state index in [2.05, 4.69) is 25.8 Å². The summed E-state index contributed by atoms with van der Waals surface area (Å²) in [4.78, 5) is 28.3. The maximum absolute atomic E-state index is 13.3. The predicted octanol–water partition coefficient (Wildman–Crippen LogP) is 2.73. The van der Waals surface area contributed by atoms with Crippen molar-refractivity contribution in [2.24, 2.45) is 0 Å². The van der Waals surface area contributed by atoms with Crippen molar-refractivity contribution in [1.82, 2.24) is 20.5 Å². The second-order valence-electron chi connectivity index (χ2n) is 5.81. The molecule has 0 fully saturated rings. The monoisotopic (exact) mass is 461 g/mol. The molecule has 2 heterocycles. The molecule has 0 bridgehead atoms. The number of halogens is 4. The van der Waals surface area contributed by atoms with E-state index in [-0.39, 0.29) is 47.7 Å². The van der Waals surface area contributed by atoms with Crippen LogP contribution < -0.4 is 10.6 Å². The summed E-state index contributed by atoms with van der Waals surface area (Å²) < 4.78 is 31.7. The Balaban J connectivity index is 0.00000320. The molecule has 4 N–H and O–H groups in total. The third kappa shape index (κ3) is 5.12. The third-order valence-corrected chi connectivity index (χ3v) is 4.08. The molecule has 9 nitrogen and oxygen atoms in total. The van der Waals surface area contributed by atoms with Gasteiger partial charge >= 0.3 is 0 Å². The number of hydrogen-bond acceptors (Lipinski definition) is 6. The van der Waals surface area contributed by atoms with Gasteiger partial charge in [-0.25, -0.2) is 13.8 Å². The second-order valence-corrected chi connectivity index (χ2v) is 6.22. The van der Waals surface area contributed by atoms with Crippen LogP contribution in [0.3, 0.4) is 0 Å². The molecule has 0 radical (unpaired) electrons. The van der Waals surface area contributed by atoms with E-state index in [1.54, 1.807) is 6.92 Å². The average molecular weight is 462 g/mol. The van der Waals surface area contributed by atoms with Crippen LogP contribution in [0.2, 0.25) is 5.02 Å². The van der Waals surface area contributed by atoms with E-state index in [1.165, 1.54) is 6.07 Å². The standard InChI is InChI=1S/C17H14ClF2N5O4.ClH/c1-7-22-13(6-26)14(29-7)5-21-17(28)12-4-15(25-24-12)23-16(27)8-2-10(19)11(20)3-9(8)18;/h2-4,26H,5-6H2,1H3,(H,21,28)(H2,23,24,25,27);1H. The minimum absolute atomic E-state index is 0. The fourth-order valence-corrected chi connectivity index (χ4v) is 2.65. The number of carbonyl (C=O) groups is 2. The molecule has 2 aromatic heterocycles. The number of hydrogen-bond donors (Lipinski definition) is 4. The highest BCUT2D eigenvalue weighted by atomic mass is 35.5. The van der Waals surface area contributed by atoms with Crippen LogP contribution in [-0.2, 0) is 13.2 Å². The highest BCUT2D eigenvalue weighted by Gasteiger charge is 2.18. The van der Waals surface area contributed by atoms with Gasteiger partial charge in [0.05, 0.1) is 23.7 Å². The smallest absolute Gasteiger partial charge is 0.269 e. The van der Waals surface area contributed by atoms with Gasteiger partial charge in [0, 0.05) is 13.0 Å². The number of carbonyl (C=O) groups excluding carboxylic acids is 2. The lowest BCUT2D eigenvalue weighted by Crippen LogP contribution is -2.23. The number of anilines is 1. The van der Waals surface area contributed by atoms with Gasteiger partial charge in [-0.2, -0.15) is 5.10 Å². The van der Waals surface area contributed by atoms with Crippen LogP contribution in [0.15, 0.2) is 22.6 Å². The van der Waals surface area contributed by atoms with Crippen LogP contribution in [0, 0.1) is 18.6 Å². The molecule has 0 aliphatic rings. The van der Waals surface area contributed by atoms with Crippen LogP contribution >= 0.6 is 24.0 Å². The Bertz CT molecular complexity index is 1090. The van der Waals surface area contributed by atoms with E-state index >= 15 is 0 Å². The number of aliphatic hydroxyl groups excluding tert-OH is 1. The molecule has 0 saturated carbocycles. The van der Waals surface area contributed by atoms with Crippen molar-refractivity contribution < 1.29 is 27.9 Å². The molecular formula is C17H15Cl2F2N5O4. The summed E-state index contributed by atoms with van der Waals surface area (Å²) in [5.41, 5.74) is 0.0269. The third-order valence-electron chi connectivity index (χ3n) is 3.76. The number of nitrogens with zero attached hydrogens (tertiary/aromatic N) is 2. The van der Waals surface area contributed by atoms with E-state index in [0.717, 1.165) is 0 Å². The molecule has 30 heavy (non-hydrogen) atoms. The molecular weight excluding hydrogens is 447 g/mol. The predicted molar refractivity (Wildman–Crippen MR) is 103 cm³/mol. The number of rotatable bonds is 6. The maximum atomic E-state index is 13.3. The van der Waals surface area contributed by atoms with Crippen LogP contribution in [0.1, 0.15) is 38.2 Å². The Labute approximate surface area is 179 Å². The van der Waals surface area contributed by atoms with Crippen molar-refractivity contribution in [3.63, 3.8) is 0 Å². The molecule has 2 amide bonds. The topological polar surface area (TPSA) is 133 Å². The molecule has 3 aromatic rings. The van der Waals surface area contributed by atoms with E-state index in [0.29, 0.717) is 29.5 Å². The van der Waals surface area contributed by atoms with Crippen LogP contribution in [0.4, 0.5) is 14.6 Å². The van der Waals surface area contributed by atoms with Crippen LogP contribution in [-0.4, -0.2) is 32.1 Å². The number of aryl methyl sites for hydroxylation is 1. The van der Waals surface area contributed by atoms with Crippen LogP contribution in [0.5, 0.6) is 0 Å². The molecule has 0 unspecified atom stereocenters. The quantitative estimate of drug-likeness (QED) is 0.417. The highest BCUT2D eigenvalue weighted by molar-refractivity contribution is 6.34. The molecule has 0 spiro atoms. The van der Waals surface area contributed by atoms with E-state index in [9.17, 15) is 23.5 Å². The van der Waals surface area contributed by atoms with E-state index in [4.69, 9.17) is 16.0 Å². The number of oxazole rings is 1. The summed E-state index contributed by atoms with van der Waals surface area (Å²) in [5.74, 6) is -3.20. The highest BCUT2D eigenvalue weighted by Crippen LogP contribution is 2.21. The summed E-state index contributed by atoms with van der Waals surface area (Å²) in [6.45, 7) is 1.24. The molecule has 13 heteroatoms. The molecule has 1 aromatic carbocycles. The van der Waals surface area contributed by atoms with Gasteiger partial charge in [-0.3, -0.25) is 14.7 Å². The van der Waals surface area contributed by atoms with Crippen molar-refractivity contribution in [2.45, 2.75) is 20.1 Å². The lowest BCUT2D eigenvalue weighted by Gasteiger charge is -2.05. The molecule has 0 aliphatic carbocycles. The minimum atomic E-state index is -1.23. The fourth-order valence-electron chi connectivity index (χ4n) is 2.41. The van der Waals surface area contributed by atoms with Crippen LogP contribution in [0.25, 0.3) is 0 Å². The second kappa shape index (κ2) is 9.65. The summed E-state index contributed by atoms with van der Waals surface area (Å²) in [7, 11) is 0. The zero-order valence-electron chi connectivity index (χ0n) is 15.3. The normalized spacial score (nSPS) is 10.4. The molecule has 160 valence electrons. The maximum Gasteiger partial charge on any atom is 0.269 e. The van der Waals surface area contributed by atoms with Gasteiger partial charge in [0.15, 0.2) is 23.3 Å². The van der Waals surface area contributed by atoms with Crippen molar-refractivity contribution in [3.05, 3.63) is 63.5 Å². The number of H-pyrrole nitrogens is 1. The Kier molecular flexibility index (Phi) is 7.48. The summed E-state index contributed by atoms with van der Waals surface area (Å²) in [6, 6.07) is 2.58. The van der Waals surface area contributed by atoms with Crippen molar-refractivity contribution in [1.29, 1.82) is 0 Å². The minimum Gasteiger partial charge on any atom is -0.444 e. The first-order valence-corrected chi connectivity index (χ1v) is 8.51. The zero-order valence-corrected chi connectivity index (χ0v) is 16.8. The number of aromatic nitrogens is 3. The Morgan fingerprint density at radius 3 is 2.63 bits per heavy atom. The van der Waals surface area contributed by atoms with Crippen molar-refractivity contribution in [3.8, 4) is 0 Å². The summed E-state index contributed by atoms with van der Waals surface area (Å²) >= 11 is 5.75. The van der Waals surface area contributed by atoms with Gasteiger partial charge < -0.3 is 20.2 Å². The zero-order chi connectivity index (χ0) is 21.1. The van der Waals surface area contributed by atoms with Gasteiger partial charge in [0.2, 0.25) is 0 Å². The lowest BCUT2D eigenvalue weighted by atomic mass is 10.2. The molecule has 0 aliphatic heterocycles. The molecule has 0 saturated heterocycles. The average Bonchev–Trinajstić information content (AvgIpc) is 3.28. The number of benzene rings is 1. The Morgan fingerprint density at radius 2 is 1.93 bits per heavy atom. The number of nitrogens with one attached hydrogen (secondary N) is 3. The molecule has 0 atom stereocenters. The van der Waals surface area contributed by atoms with Crippen molar-refractivity contribution >= 4 is 41.6 Å². The van der Waals surface area contributed by atoms with Gasteiger partial charge in [0.1, 0.15) is 17.1 Å². The van der Waals surface area contributed by atoms with E-state index in [1.807, 2.05) is 0 Å². The largest absolute Gasteiger partial charge is 0.444 e. The first kappa shape index (κ1) is 23.3. The number of aliphatic hydroxyl groups is 1. The first-order valence-electron chi connectivity index (χ1n) is 8.14. The van der Waals surface area contributed by atoms with Gasteiger partial charge in [0.25, 0.3) is 11.8 Å². The fraction of sp³-hybridized carbons (Fsp3) is 0.176. The summed E-state index contributed by atoms with van der Waals surface area (Å²) in [6.07, 6.45) is 0. The molecule has 3 rings (SSSR count). The first-order chi connectivity index (χ1) is 13.8. The van der Waals surface area contributed by atoms with Crippen molar-refractivity contribution in [2.75, 3.05) is 5.32 Å². The lowest BCUT2D eigenvalue weighted by molar-refractivity contribution is 0.0941. The van der Waals surface area contributed by atoms with Gasteiger partial charge in [-0.05, 0) is 12.1 Å². The SMILES string of the molecule is Cc1nc(CO)c(CNC(=O)c2cc(NC(=O)c3cc(F)c(F)cc3Cl)n[nH]2)o1.Cl. The number of amides is 2. The number of aromatic amines is 1. The Morgan fingerprint density at radius 1 is 1.23 bits per heavy atom. The van der Waals surface area contributed by atoms with E-state index < -0.39 is 23.4 Å². The summed E-state index contributed by atoms with van der Waals surface area (Å²) in [5, 5.41) is 20.0.